The molecule has 1 heterocycles. The summed E-state index contributed by atoms with van der Waals surface area (Å²) in [7, 11) is 0. The van der Waals surface area contributed by atoms with Crippen LogP contribution in [0.1, 0.15) is 15.9 Å². The highest BCUT2D eigenvalue weighted by atomic mass is 32.2. The monoisotopic (exact) mass is 255 g/mol. The van der Waals surface area contributed by atoms with Crippen molar-refractivity contribution < 1.29 is 4.79 Å². The van der Waals surface area contributed by atoms with Crippen molar-refractivity contribution in [1.29, 1.82) is 0 Å². The number of anilines is 1. The number of hydrogen-bond donors (Lipinski definition) is 1. The molecule has 1 N–H and O–H groups in total. The molecule has 0 unspecified atom stereocenters. The Bertz CT molecular complexity index is 580. The highest BCUT2D eigenvalue weighted by Gasteiger charge is 2.12. The molecule has 0 aliphatic carbocycles. The highest BCUT2D eigenvalue weighted by Crippen LogP contribution is 2.29. The van der Waals surface area contributed by atoms with Crippen LogP contribution in [0.5, 0.6) is 0 Å². The van der Waals surface area contributed by atoms with Crippen molar-refractivity contribution in [2.45, 2.75) is 11.3 Å². The van der Waals surface area contributed by atoms with E-state index < -0.39 is 0 Å². The molecule has 2 aromatic carbocycles. The minimum Gasteiger partial charge on any atom is -0.384 e. The van der Waals surface area contributed by atoms with Gasteiger partial charge >= 0.3 is 0 Å². The number of benzene rings is 2. The van der Waals surface area contributed by atoms with E-state index in [1.54, 1.807) is 0 Å². The zero-order valence-electron chi connectivity index (χ0n) is 9.85. The number of nitrogens with one attached hydrogen (secondary N) is 1. The first-order valence-electron chi connectivity index (χ1n) is 5.97. The Labute approximate surface area is 110 Å². The molecule has 0 amide bonds. The van der Waals surface area contributed by atoms with Gasteiger partial charge in [-0.15, -0.1) is 0 Å². The third kappa shape index (κ3) is 2.27. The summed E-state index contributed by atoms with van der Waals surface area (Å²) in [6.07, 6.45) is 1.04. The normalized spacial score (nSPS) is 12.9. The van der Waals surface area contributed by atoms with Gasteiger partial charge in [0.15, 0.2) is 0 Å². The lowest BCUT2D eigenvalue weighted by Crippen LogP contribution is -1.92. The minimum atomic E-state index is 0.0986. The van der Waals surface area contributed by atoms with Crippen LogP contribution in [0.4, 0.5) is 5.69 Å². The topological polar surface area (TPSA) is 29.1 Å². The molecule has 0 spiro atoms. The van der Waals surface area contributed by atoms with E-state index in [9.17, 15) is 4.79 Å². The third-order valence-corrected chi connectivity index (χ3v) is 3.92. The van der Waals surface area contributed by atoms with Crippen LogP contribution < -0.4 is 5.32 Å². The van der Waals surface area contributed by atoms with Crippen molar-refractivity contribution in [3.8, 4) is 0 Å². The zero-order valence-corrected chi connectivity index (χ0v) is 10.7. The standard InChI is InChI=1S/C15H13NOS/c17-15(11-4-2-1-3-5-11)18-13-6-7-14-12(10-13)8-9-16-14/h1-7,10,16H,8-9H2. The lowest BCUT2D eigenvalue weighted by molar-refractivity contribution is 0.108. The molecule has 0 atom stereocenters. The molecule has 0 radical (unpaired) electrons. The molecular weight excluding hydrogens is 242 g/mol. The second-order valence-electron chi connectivity index (χ2n) is 4.25. The van der Waals surface area contributed by atoms with Crippen LogP contribution in [0.25, 0.3) is 0 Å². The third-order valence-electron chi connectivity index (χ3n) is 3.01. The number of thioether (sulfide) groups is 1. The lowest BCUT2D eigenvalue weighted by Gasteiger charge is -2.04. The van der Waals surface area contributed by atoms with Crippen LogP contribution in [0.15, 0.2) is 53.4 Å². The SMILES string of the molecule is O=C(Sc1ccc2c(c1)CCN2)c1ccccc1. The molecular formula is C15H13NOS. The molecule has 1 aliphatic heterocycles. The molecule has 2 aromatic rings. The van der Waals surface area contributed by atoms with Crippen LogP contribution in [-0.4, -0.2) is 11.7 Å². The van der Waals surface area contributed by atoms with E-state index in [0.29, 0.717) is 0 Å². The van der Waals surface area contributed by atoms with Gasteiger partial charge in [-0.2, -0.15) is 0 Å². The summed E-state index contributed by atoms with van der Waals surface area (Å²) in [4.78, 5) is 13.1. The maximum absolute atomic E-state index is 12.1. The quantitative estimate of drug-likeness (QED) is 0.831. The van der Waals surface area contributed by atoms with Crippen LogP contribution in [0, 0.1) is 0 Å². The maximum Gasteiger partial charge on any atom is 0.224 e. The largest absolute Gasteiger partial charge is 0.384 e. The summed E-state index contributed by atoms with van der Waals surface area (Å²) in [5.41, 5.74) is 3.26. The second kappa shape index (κ2) is 4.86. The molecule has 0 fully saturated rings. The Morgan fingerprint density at radius 3 is 2.78 bits per heavy atom. The van der Waals surface area contributed by atoms with Crippen LogP contribution >= 0.6 is 11.8 Å². The Hall–Kier alpha value is -1.74. The molecule has 1 aliphatic rings. The van der Waals surface area contributed by atoms with Gasteiger partial charge in [0, 0.05) is 22.7 Å². The average molecular weight is 255 g/mol. The smallest absolute Gasteiger partial charge is 0.224 e. The van der Waals surface area contributed by atoms with Crippen molar-refractivity contribution in [3.63, 3.8) is 0 Å². The van der Waals surface area contributed by atoms with E-state index in [0.717, 1.165) is 23.4 Å². The van der Waals surface area contributed by atoms with Gasteiger partial charge in [-0.1, -0.05) is 30.3 Å². The molecule has 3 rings (SSSR count). The molecule has 0 saturated carbocycles. The van der Waals surface area contributed by atoms with Crippen molar-refractivity contribution in [3.05, 3.63) is 59.7 Å². The molecule has 2 nitrogen and oxygen atoms in total. The van der Waals surface area contributed by atoms with Crippen molar-refractivity contribution >= 4 is 22.6 Å². The summed E-state index contributed by atoms with van der Waals surface area (Å²) in [5.74, 6) is 0. The summed E-state index contributed by atoms with van der Waals surface area (Å²) < 4.78 is 0. The number of fused-ring (bicyclic) bond motifs is 1. The predicted octanol–water partition coefficient (Wildman–Crippen LogP) is 3.59. The van der Waals surface area contributed by atoms with E-state index in [4.69, 9.17) is 0 Å². The van der Waals surface area contributed by atoms with Gasteiger partial charge < -0.3 is 5.32 Å². The van der Waals surface area contributed by atoms with E-state index in [1.807, 2.05) is 36.4 Å². The van der Waals surface area contributed by atoms with Crippen molar-refractivity contribution in [1.82, 2.24) is 0 Å². The van der Waals surface area contributed by atoms with Gasteiger partial charge in [-0.05, 0) is 41.9 Å². The van der Waals surface area contributed by atoms with Gasteiger partial charge in [-0.3, -0.25) is 4.79 Å². The Balaban J connectivity index is 1.79. The van der Waals surface area contributed by atoms with E-state index in [-0.39, 0.29) is 5.12 Å². The average Bonchev–Trinajstić information content (AvgIpc) is 2.87. The molecule has 0 saturated heterocycles. The van der Waals surface area contributed by atoms with Gasteiger partial charge in [0.1, 0.15) is 0 Å². The van der Waals surface area contributed by atoms with E-state index >= 15 is 0 Å². The van der Waals surface area contributed by atoms with E-state index in [1.165, 1.54) is 23.0 Å². The number of hydrogen-bond acceptors (Lipinski definition) is 3. The maximum atomic E-state index is 12.1. The fraction of sp³-hybridized carbons (Fsp3) is 0.133. The first kappa shape index (κ1) is 11.4. The van der Waals surface area contributed by atoms with Crippen LogP contribution in [0.2, 0.25) is 0 Å². The number of rotatable bonds is 2. The molecule has 0 aromatic heterocycles. The van der Waals surface area contributed by atoms with Gasteiger partial charge in [-0.25, -0.2) is 0 Å². The van der Waals surface area contributed by atoms with Crippen molar-refractivity contribution in [2.75, 3.05) is 11.9 Å². The molecule has 0 bridgehead atoms. The zero-order chi connectivity index (χ0) is 12.4. The lowest BCUT2D eigenvalue weighted by atomic mass is 10.2. The molecule has 18 heavy (non-hydrogen) atoms. The van der Waals surface area contributed by atoms with E-state index in [2.05, 4.69) is 17.4 Å². The van der Waals surface area contributed by atoms with Crippen molar-refractivity contribution in [2.24, 2.45) is 0 Å². The predicted molar refractivity (Wildman–Crippen MR) is 75.3 cm³/mol. The number of carbonyl (C=O) groups excluding carboxylic acids is 1. The Morgan fingerprint density at radius 1 is 1.11 bits per heavy atom. The molecule has 3 heteroatoms. The Morgan fingerprint density at radius 2 is 1.94 bits per heavy atom. The fourth-order valence-corrected chi connectivity index (χ4v) is 2.89. The summed E-state index contributed by atoms with van der Waals surface area (Å²) in [6, 6.07) is 15.6. The van der Waals surface area contributed by atoms with Gasteiger partial charge in [0.2, 0.25) is 5.12 Å². The van der Waals surface area contributed by atoms with Gasteiger partial charge in [0.25, 0.3) is 0 Å². The minimum absolute atomic E-state index is 0.0986. The summed E-state index contributed by atoms with van der Waals surface area (Å²) in [5, 5.41) is 3.42. The Kier molecular flexibility index (Phi) is 3.07. The summed E-state index contributed by atoms with van der Waals surface area (Å²) >= 11 is 1.30. The number of carbonyl (C=O) groups is 1. The second-order valence-corrected chi connectivity index (χ2v) is 5.30. The summed E-state index contributed by atoms with van der Waals surface area (Å²) in [6.45, 7) is 0.996. The van der Waals surface area contributed by atoms with Gasteiger partial charge in [0.05, 0.1) is 0 Å². The fourth-order valence-electron chi connectivity index (χ4n) is 2.08. The first-order valence-corrected chi connectivity index (χ1v) is 6.78. The highest BCUT2D eigenvalue weighted by molar-refractivity contribution is 8.14. The van der Waals surface area contributed by atoms with Crippen LogP contribution in [0.3, 0.4) is 0 Å². The molecule has 90 valence electrons. The first-order chi connectivity index (χ1) is 8.83. The van der Waals surface area contributed by atoms with Crippen LogP contribution in [-0.2, 0) is 6.42 Å².